The molecule has 0 spiro atoms. The lowest BCUT2D eigenvalue weighted by Crippen LogP contribution is -2.25. The molecule has 0 N–H and O–H groups in total. The third-order valence-corrected chi connectivity index (χ3v) is 6.57. The van der Waals surface area contributed by atoms with Crippen molar-refractivity contribution in [2.45, 2.75) is 43.3 Å². The van der Waals surface area contributed by atoms with E-state index in [1.807, 2.05) is 53.1 Å². The number of carbonyl (C=O) groups is 1. The Labute approximate surface area is 176 Å². The van der Waals surface area contributed by atoms with Crippen LogP contribution in [0.15, 0.2) is 58.2 Å². The summed E-state index contributed by atoms with van der Waals surface area (Å²) in [6.45, 7) is 3.12. The van der Waals surface area contributed by atoms with E-state index in [1.54, 1.807) is 0 Å². The van der Waals surface area contributed by atoms with Gasteiger partial charge in [-0.1, -0.05) is 52.0 Å². The van der Waals surface area contributed by atoms with Crippen LogP contribution in [0.25, 0.3) is 0 Å². The molecule has 1 aliphatic carbocycles. The van der Waals surface area contributed by atoms with Gasteiger partial charge in [0.25, 0.3) is 0 Å². The maximum Gasteiger partial charge on any atom is 0.192 e. The molecule has 4 rings (SSSR count). The zero-order chi connectivity index (χ0) is 19.5. The lowest BCUT2D eigenvalue weighted by atomic mass is 9.90. The number of hydrogen-bond acceptors (Lipinski definition) is 5. The second kappa shape index (κ2) is 8.49. The van der Waals surface area contributed by atoms with Crippen LogP contribution in [0.2, 0.25) is 0 Å². The monoisotopic (exact) mass is 457 g/mol. The quantitative estimate of drug-likeness (QED) is 0.525. The highest BCUT2D eigenvalue weighted by Gasteiger charge is 2.29. The molecule has 0 fully saturated rings. The molecule has 0 aliphatic heterocycles. The molecule has 0 radical (unpaired) electrons. The third kappa shape index (κ3) is 4.00. The first-order valence-electron chi connectivity index (χ1n) is 9.25. The van der Waals surface area contributed by atoms with E-state index in [9.17, 15) is 4.79 Å². The Hall–Kier alpha value is -2.12. The Balaban J connectivity index is 1.47. The standard InChI is InChI=1S/C21H20BrN3O2S/c1-2-25-19(13-27-16-10-8-15(22)9-11-16)23-24-21(25)28-18-12-7-14-5-3-4-6-17(14)20(18)26/h3-6,8-11,18H,2,7,12-13H2,1H3. The summed E-state index contributed by atoms with van der Waals surface area (Å²) in [7, 11) is 0. The van der Waals surface area contributed by atoms with Crippen molar-refractivity contribution < 1.29 is 9.53 Å². The normalized spacial score (nSPS) is 16.1. The lowest BCUT2D eigenvalue weighted by Gasteiger charge is -2.22. The molecule has 1 aliphatic rings. The maximum absolute atomic E-state index is 12.9. The summed E-state index contributed by atoms with van der Waals surface area (Å²) >= 11 is 4.93. The van der Waals surface area contributed by atoms with Gasteiger partial charge in [-0.3, -0.25) is 4.79 Å². The van der Waals surface area contributed by atoms with Gasteiger partial charge >= 0.3 is 0 Å². The van der Waals surface area contributed by atoms with Gasteiger partial charge in [-0.25, -0.2) is 0 Å². The highest BCUT2D eigenvalue weighted by Crippen LogP contribution is 2.33. The number of rotatable bonds is 6. The van der Waals surface area contributed by atoms with Gasteiger partial charge < -0.3 is 9.30 Å². The summed E-state index contributed by atoms with van der Waals surface area (Å²) in [6.07, 6.45) is 1.74. The minimum atomic E-state index is -0.121. The molecule has 1 aromatic heterocycles. The lowest BCUT2D eigenvalue weighted by molar-refractivity contribution is 0.0979. The van der Waals surface area contributed by atoms with Gasteiger partial charge in [0, 0.05) is 16.6 Å². The molecule has 5 nitrogen and oxygen atoms in total. The van der Waals surface area contributed by atoms with E-state index in [-0.39, 0.29) is 11.0 Å². The minimum Gasteiger partial charge on any atom is -0.486 e. The SMILES string of the molecule is CCn1c(COc2ccc(Br)cc2)nnc1SC1CCc2ccccc2C1=O. The van der Waals surface area contributed by atoms with Crippen LogP contribution >= 0.6 is 27.7 Å². The molecule has 2 aromatic carbocycles. The zero-order valence-corrected chi connectivity index (χ0v) is 17.9. The number of hydrogen-bond donors (Lipinski definition) is 0. The molecule has 1 atom stereocenters. The van der Waals surface area contributed by atoms with Gasteiger partial charge in [0.1, 0.15) is 12.4 Å². The first kappa shape index (κ1) is 19.2. The molecule has 0 saturated carbocycles. The Morgan fingerprint density at radius 2 is 1.96 bits per heavy atom. The predicted molar refractivity (Wildman–Crippen MR) is 113 cm³/mol. The smallest absolute Gasteiger partial charge is 0.192 e. The van der Waals surface area contributed by atoms with Gasteiger partial charge in [-0.05, 0) is 49.6 Å². The van der Waals surface area contributed by atoms with E-state index >= 15 is 0 Å². The number of Topliss-reactive ketones (excluding diaryl/α,β-unsaturated/α-hetero) is 1. The second-order valence-corrected chi connectivity index (χ2v) is 8.64. The molecular weight excluding hydrogens is 438 g/mol. The van der Waals surface area contributed by atoms with Gasteiger partial charge in [-0.15, -0.1) is 10.2 Å². The van der Waals surface area contributed by atoms with Crippen molar-refractivity contribution in [3.05, 3.63) is 70.0 Å². The number of ketones is 1. The van der Waals surface area contributed by atoms with E-state index in [2.05, 4.69) is 33.1 Å². The molecule has 7 heteroatoms. The summed E-state index contributed by atoms with van der Waals surface area (Å²) in [5.41, 5.74) is 1.98. The minimum absolute atomic E-state index is 0.121. The number of aromatic nitrogens is 3. The van der Waals surface area contributed by atoms with Crippen LogP contribution in [-0.2, 0) is 19.6 Å². The fraction of sp³-hybridized carbons (Fsp3) is 0.286. The van der Waals surface area contributed by atoms with Crippen LogP contribution < -0.4 is 4.74 Å². The first-order chi connectivity index (χ1) is 13.7. The fourth-order valence-electron chi connectivity index (χ4n) is 3.32. The maximum atomic E-state index is 12.9. The van der Waals surface area contributed by atoms with E-state index in [1.165, 1.54) is 11.8 Å². The fourth-order valence-corrected chi connectivity index (χ4v) is 4.76. The van der Waals surface area contributed by atoms with Crippen molar-refractivity contribution in [2.24, 2.45) is 0 Å². The van der Waals surface area contributed by atoms with Crippen molar-refractivity contribution in [1.82, 2.24) is 14.8 Å². The number of carbonyl (C=O) groups excluding carboxylic acids is 1. The molecule has 3 aromatic rings. The second-order valence-electron chi connectivity index (χ2n) is 6.55. The largest absolute Gasteiger partial charge is 0.486 e. The third-order valence-electron chi connectivity index (χ3n) is 4.79. The van der Waals surface area contributed by atoms with E-state index in [0.717, 1.165) is 51.7 Å². The number of fused-ring (bicyclic) bond motifs is 1. The van der Waals surface area contributed by atoms with Crippen molar-refractivity contribution in [1.29, 1.82) is 0 Å². The van der Waals surface area contributed by atoms with Crippen molar-refractivity contribution >= 4 is 33.5 Å². The van der Waals surface area contributed by atoms with Crippen LogP contribution in [0.4, 0.5) is 0 Å². The number of ether oxygens (including phenoxy) is 1. The molecule has 144 valence electrons. The molecule has 1 unspecified atom stereocenters. The van der Waals surface area contributed by atoms with Crippen molar-refractivity contribution in [3.63, 3.8) is 0 Å². The van der Waals surface area contributed by atoms with Gasteiger partial charge in [-0.2, -0.15) is 0 Å². The van der Waals surface area contributed by atoms with E-state index < -0.39 is 0 Å². The molecular formula is C21H20BrN3O2S. The van der Waals surface area contributed by atoms with Crippen molar-refractivity contribution in [2.75, 3.05) is 0 Å². The summed E-state index contributed by atoms with van der Waals surface area (Å²) in [6, 6.07) is 15.6. The average Bonchev–Trinajstić information content (AvgIpc) is 3.11. The Bertz CT molecular complexity index is 988. The van der Waals surface area contributed by atoms with Crippen LogP contribution in [-0.4, -0.2) is 25.8 Å². The molecule has 0 amide bonds. The number of nitrogens with zero attached hydrogens (tertiary/aromatic N) is 3. The van der Waals surface area contributed by atoms with E-state index in [0.29, 0.717) is 6.61 Å². The average molecular weight is 458 g/mol. The van der Waals surface area contributed by atoms with Crippen LogP contribution in [0.1, 0.15) is 35.1 Å². The summed E-state index contributed by atoms with van der Waals surface area (Å²) in [5.74, 6) is 1.73. The van der Waals surface area contributed by atoms with Gasteiger partial charge in [0.15, 0.2) is 16.8 Å². The summed E-state index contributed by atoms with van der Waals surface area (Å²) in [4.78, 5) is 12.9. The van der Waals surface area contributed by atoms with Gasteiger partial charge in [0.05, 0.1) is 5.25 Å². The number of aryl methyl sites for hydroxylation is 1. The zero-order valence-electron chi connectivity index (χ0n) is 15.5. The summed E-state index contributed by atoms with van der Waals surface area (Å²) < 4.78 is 8.87. The highest BCUT2D eigenvalue weighted by molar-refractivity contribution is 9.10. The Kier molecular flexibility index (Phi) is 5.82. The van der Waals surface area contributed by atoms with Crippen LogP contribution in [0.3, 0.4) is 0 Å². The highest BCUT2D eigenvalue weighted by atomic mass is 79.9. The molecule has 28 heavy (non-hydrogen) atoms. The first-order valence-corrected chi connectivity index (χ1v) is 10.9. The van der Waals surface area contributed by atoms with Crippen LogP contribution in [0.5, 0.6) is 5.75 Å². The molecule has 1 heterocycles. The topological polar surface area (TPSA) is 57.0 Å². The van der Waals surface area contributed by atoms with Crippen LogP contribution in [0, 0.1) is 0 Å². The number of halogens is 1. The van der Waals surface area contributed by atoms with E-state index in [4.69, 9.17) is 4.74 Å². The predicted octanol–water partition coefficient (Wildman–Crippen LogP) is 4.93. The van der Waals surface area contributed by atoms with Crippen molar-refractivity contribution in [3.8, 4) is 5.75 Å². The summed E-state index contributed by atoms with van der Waals surface area (Å²) in [5, 5.41) is 9.29. The molecule has 0 bridgehead atoms. The van der Waals surface area contributed by atoms with Gasteiger partial charge in [0.2, 0.25) is 0 Å². The number of benzene rings is 2. The Morgan fingerprint density at radius 3 is 2.75 bits per heavy atom. The Morgan fingerprint density at radius 1 is 1.18 bits per heavy atom. The number of thioether (sulfide) groups is 1. The molecule has 0 saturated heterocycles.